The number of amides is 1. The second-order valence-corrected chi connectivity index (χ2v) is 26.0. The Hall–Kier alpha value is -2.12. The lowest BCUT2D eigenvalue weighted by Crippen LogP contribution is -2.60. The van der Waals surface area contributed by atoms with Crippen LogP contribution in [0.3, 0.4) is 0 Å². The highest BCUT2D eigenvalue weighted by Gasteiger charge is 2.44. The maximum atomic E-state index is 13.1. The van der Waals surface area contributed by atoms with Crippen LogP contribution in [0.1, 0.15) is 367 Å². The van der Waals surface area contributed by atoms with Crippen molar-refractivity contribution in [3.05, 3.63) is 36.5 Å². The van der Waals surface area contributed by atoms with Gasteiger partial charge in [0, 0.05) is 12.8 Å². The van der Waals surface area contributed by atoms with E-state index in [0.29, 0.717) is 19.4 Å². The van der Waals surface area contributed by atoms with Gasteiger partial charge in [0.2, 0.25) is 5.91 Å². The Bertz CT molecular complexity index is 1520. The zero-order valence-electron chi connectivity index (χ0n) is 56.3. The fraction of sp³-hybridized carbons (Fsp3) is 0.893. The van der Waals surface area contributed by atoms with Crippen molar-refractivity contribution in [2.24, 2.45) is 0 Å². The molecular formula is C75H141NO10. The first kappa shape index (κ1) is 81.9. The Morgan fingerprint density at radius 3 is 1.15 bits per heavy atom. The van der Waals surface area contributed by atoms with E-state index in [-0.39, 0.29) is 18.5 Å². The Kier molecular flexibility index (Phi) is 61.3. The van der Waals surface area contributed by atoms with Gasteiger partial charge in [-0.05, 0) is 57.8 Å². The van der Waals surface area contributed by atoms with Crippen molar-refractivity contribution in [2.45, 2.75) is 410 Å². The zero-order valence-corrected chi connectivity index (χ0v) is 56.3. The highest BCUT2D eigenvalue weighted by molar-refractivity contribution is 5.76. The van der Waals surface area contributed by atoms with E-state index in [4.69, 9.17) is 14.2 Å². The number of unbranched alkanes of at least 4 members (excludes halogenated alkanes) is 48. The van der Waals surface area contributed by atoms with Gasteiger partial charge >= 0.3 is 5.97 Å². The molecule has 86 heavy (non-hydrogen) atoms. The predicted molar refractivity (Wildman–Crippen MR) is 361 cm³/mol. The molecule has 0 aromatic heterocycles. The third-order valence-corrected chi connectivity index (χ3v) is 17.7. The van der Waals surface area contributed by atoms with Gasteiger partial charge in [0.05, 0.1) is 32.0 Å². The predicted octanol–water partition coefficient (Wildman–Crippen LogP) is 19.4. The summed E-state index contributed by atoms with van der Waals surface area (Å²) in [4.78, 5) is 25.1. The second kappa shape index (κ2) is 64.4. The Labute approximate surface area is 530 Å². The van der Waals surface area contributed by atoms with Crippen LogP contribution in [0.25, 0.3) is 0 Å². The fourth-order valence-electron chi connectivity index (χ4n) is 11.9. The number of carbonyl (C=O) groups is 2. The first-order valence-corrected chi connectivity index (χ1v) is 37.3. The van der Waals surface area contributed by atoms with Gasteiger partial charge < -0.3 is 45.1 Å². The summed E-state index contributed by atoms with van der Waals surface area (Å²) in [6.07, 6.45) is 73.0. The maximum absolute atomic E-state index is 13.1. The van der Waals surface area contributed by atoms with Gasteiger partial charge in [-0.3, -0.25) is 9.59 Å². The first-order valence-electron chi connectivity index (χ1n) is 37.3. The number of rotatable bonds is 66. The van der Waals surface area contributed by atoms with Crippen molar-refractivity contribution in [2.75, 3.05) is 19.8 Å². The van der Waals surface area contributed by atoms with Crippen LogP contribution in [0, 0.1) is 0 Å². The van der Waals surface area contributed by atoms with E-state index in [9.17, 15) is 35.1 Å². The third-order valence-electron chi connectivity index (χ3n) is 17.7. The molecule has 0 radical (unpaired) electrons. The molecule has 0 aromatic rings. The molecule has 11 heteroatoms. The van der Waals surface area contributed by atoms with Crippen LogP contribution in [0.15, 0.2) is 36.5 Å². The fourth-order valence-corrected chi connectivity index (χ4v) is 11.9. The number of carbonyl (C=O) groups excluding carboxylic acids is 2. The summed E-state index contributed by atoms with van der Waals surface area (Å²) in [5.74, 6) is -0.176. The zero-order chi connectivity index (χ0) is 62.3. The van der Waals surface area contributed by atoms with Crippen molar-refractivity contribution in [1.29, 1.82) is 0 Å². The van der Waals surface area contributed by atoms with E-state index in [0.717, 1.165) is 64.2 Å². The number of aliphatic hydroxyl groups excluding tert-OH is 5. The largest absolute Gasteiger partial charge is 0.466 e. The highest BCUT2D eigenvalue weighted by Crippen LogP contribution is 2.24. The van der Waals surface area contributed by atoms with Crippen molar-refractivity contribution in [3.8, 4) is 0 Å². The molecule has 1 rings (SSSR count). The van der Waals surface area contributed by atoms with Gasteiger partial charge in [-0.25, -0.2) is 0 Å². The third kappa shape index (κ3) is 52.6. The quantitative estimate of drug-likeness (QED) is 0.0195. The highest BCUT2D eigenvalue weighted by atomic mass is 16.7. The molecule has 0 spiro atoms. The van der Waals surface area contributed by atoms with Crippen molar-refractivity contribution in [3.63, 3.8) is 0 Å². The van der Waals surface area contributed by atoms with Crippen molar-refractivity contribution >= 4 is 11.9 Å². The summed E-state index contributed by atoms with van der Waals surface area (Å²) >= 11 is 0. The summed E-state index contributed by atoms with van der Waals surface area (Å²) in [5, 5.41) is 54.5. The van der Waals surface area contributed by atoms with E-state index >= 15 is 0 Å². The number of aliphatic hydroxyl groups is 5. The molecular weight excluding hydrogens is 1070 g/mol. The standard InChI is InChI=1S/C75H141NO10/c1-3-5-7-9-11-13-15-16-38-42-45-49-53-57-61-68(78)67(66-85-75-74(83)73(82)72(81)69(65-77)86-75)76-70(79)62-58-54-50-46-43-39-36-34-32-30-28-26-24-22-20-18-17-19-21-23-25-27-29-31-33-35-37-40-44-48-52-56-60-64-84-71(80)63-59-55-51-47-41-14-12-10-8-6-4-2/h13,15,42,45,57,61,67-69,72-75,77-78,81-83H,3-12,14,16-41,43-44,46-56,58-60,62-66H2,1-2H3,(H,76,79)/b15-13+,45-42+,61-57+. The molecule has 6 N–H and O–H groups in total. The van der Waals surface area contributed by atoms with E-state index in [1.165, 1.54) is 276 Å². The molecule has 11 nitrogen and oxygen atoms in total. The molecule has 1 fully saturated rings. The van der Waals surface area contributed by atoms with Gasteiger partial charge in [0.1, 0.15) is 24.4 Å². The Morgan fingerprint density at radius 1 is 0.419 bits per heavy atom. The summed E-state index contributed by atoms with van der Waals surface area (Å²) in [7, 11) is 0. The minimum atomic E-state index is -1.58. The Balaban J connectivity index is 1.94. The average molecular weight is 1220 g/mol. The molecule has 1 amide bonds. The number of allylic oxidation sites excluding steroid dienone is 5. The smallest absolute Gasteiger partial charge is 0.305 e. The molecule has 0 aromatic carbocycles. The lowest BCUT2D eigenvalue weighted by atomic mass is 9.99. The summed E-state index contributed by atoms with van der Waals surface area (Å²) < 4.78 is 16.7. The molecule has 0 saturated carbocycles. The summed E-state index contributed by atoms with van der Waals surface area (Å²) in [5.41, 5.74) is 0. The van der Waals surface area contributed by atoms with Crippen LogP contribution >= 0.6 is 0 Å². The first-order chi connectivity index (χ1) is 42.2. The lowest BCUT2D eigenvalue weighted by Gasteiger charge is -2.40. The number of ether oxygens (including phenoxy) is 3. The lowest BCUT2D eigenvalue weighted by molar-refractivity contribution is -0.302. The molecule has 7 unspecified atom stereocenters. The minimum Gasteiger partial charge on any atom is -0.466 e. The van der Waals surface area contributed by atoms with Crippen LogP contribution < -0.4 is 5.32 Å². The normalized spacial score (nSPS) is 18.1. The van der Waals surface area contributed by atoms with Crippen molar-refractivity contribution in [1.82, 2.24) is 5.32 Å². The van der Waals surface area contributed by atoms with Crippen LogP contribution in [0.4, 0.5) is 0 Å². The van der Waals surface area contributed by atoms with Crippen LogP contribution in [0.5, 0.6) is 0 Å². The van der Waals surface area contributed by atoms with Gasteiger partial charge in [0.15, 0.2) is 6.29 Å². The van der Waals surface area contributed by atoms with Crippen LogP contribution in [-0.4, -0.2) is 100 Å². The average Bonchev–Trinajstić information content (AvgIpc) is 3.06. The molecule has 1 saturated heterocycles. The number of hydrogen-bond donors (Lipinski definition) is 6. The Morgan fingerprint density at radius 2 is 0.756 bits per heavy atom. The van der Waals surface area contributed by atoms with Gasteiger partial charge in [-0.15, -0.1) is 0 Å². The van der Waals surface area contributed by atoms with Crippen LogP contribution in [0.2, 0.25) is 0 Å². The van der Waals surface area contributed by atoms with Crippen molar-refractivity contribution < 1.29 is 49.3 Å². The topological polar surface area (TPSA) is 175 Å². The SMILES string of the molecule is CCCCCC/C=C/CC/C=C/CC/C=C/C(O)C(COC1OC(CO)C(O)C(O)C1O)NC(=O)CCCCCCCCCCCCCCCCCCCCCCCCCCCCCCCCCCCOC(=O)CCCCCCCCCCCCC. The van der Waals surface area contributed by atoms with Gasteiger partial charge in [-0.1, -0.05) is 333 Å². The number of hydrogen-bond acceptors (Lipinski definition) is 10. The molecule has 0 bridgehead atoms. The van der Waals surface area contributed by atoms with E-state index < -0.39 is 49.5 Å². The summed E-state index contributed by atoms with van der Waals surface area (Å²) in [6, 6.07) is -0.831. The molecule has 0 aliphatic carbocycles. The molecule has 1 aliphatic heterocycles. The monoisotopic (exact) mass is 1220 g/mol. The summed E-state index contributed by atoms with van der Waals surface area (Å²) in [6.45, 7) is 4.34. The van der Waals surface area contributed by atoms with E-state index in [2.05, 4.69) is 43.5 Å². The van der Waals surface area contributed by atoms with E-state index in [1.54, 1.807) is 6.08 Å². The van der Waals surface area contributed by atoms with Gasteiger partial charge in [0.25, 0.3) is 0 Å². The maximum Gasteiger partial charge on any atom is 0.305 e. The molecule has 506 valence electrons. The molecule has 1 aliphatic rings. The number of esters is 1. The molecule has 7 atom stereocenters. The van der Waals surface area contributed by atoms with E-state index in [1.807, 2.05) is 6.08 Å². The second-order valence-electron chi connectivity index (χ2n) is 26.0. The molecule has 1 heterocycles. The van der Waals surface area contributed by atoms with Gasteiger partial charge in [-0.2, -0.15) is 0 Å². The van der Waals surface area contributed by atoms with Crippen LogP contribution in [-0.2, 0) is 23.8 Å². The number of nitrogens with one attached hydrogen (secondary N) is 1. The minimum absolute atomic E-state index is 0.0142.